The number of benzene rings is 2. The molecular formula is C22H23NO3. The summed E-state index contributed by atoms with van der Waals surface area (Å²) in [6.07, 6.45) is 3.72. The van der Waals surface area contributed by atoms with E-state index in [9.17, 15) is 4.79 Å². The summed E-state index contributed by atoms with van der Waals surface area (Å²) < 4.78 is 6.01. The van der Waals surface area contributed by atoms with Crippen molar-refractivity contribution in [2.75, 3.05) is 0 Å². The first kappa shape index (κ1) is 17.9. The van der Waals surface area contributed by atoms with Crippen LogP contribution in [0.1, 0.15) is 36.9 Å². The van der Waals surface area contributed by atoms with Crippen LogP contribution in [0.5, 0.6) is 5.75 Å². The molecule has 0 radical (unpaired) electrons. The Morgan fingerprint density at radius 3 is 2.62 bits per heavy atom. The number of para-hydroxylation sites is 2. The Bertz CT molecular complexity index is 876. The minimum absolute atomic E-state index is 0.242. The Balaban J connectivity index is 1.57. The van der Waals surface area contributed by atoms with Crippen LogP contribution in [-0.2, 0) is 17.8 Å². The Labute approximate surface area is 153 Å². The van der Waals surface area contributed by atoms with E-state index in [1.807, 2.05) is 48.5 Å². The van der Waals surface area contributed by atoms with Crippen LogP contribution in [0.4, 0.5) is 0 Å². The highest BCUT2D eigenvalue weighted by atomic mass is 16.5. The van der Waals surface area contributed by atoms with E-state index < -0.39 is 5.97 Å². The van der Waals surface area contributed by atoms with Gasteiger partial charge in [0.2, 0.25) is 0 Å². The van der Waals surface area contributed by atoms with Crippen molar-refractivity contribution >= 4 is 16.9 Å². The topological polar surface area (TPSA) is 59.4 Å². The fourth-order valence-electron chi connectivity index (χ4n) is 2.96. The molecular weight excluding hydrogens is 326 g/mol. The first-order chi connectivity index (χ1) is 12.7. The lowest BCUT2D eigenvalue weighted by Crippen LogP contribution is -2.01. The summed E-state index contributed by atoms with van der Waals surface area (Å²) in [5, 5.41) is 9.82. The third-order valence-corrected chi connectivity index (χ3v) is 4.34. The molecule has 0 aliphatic heterocycles. The lowest BCUT2D eigenvalue weighted by Gasteiger charge is -2.11. The molecule has 0 bridgehead atoms. The molecule has 3 aromatic rings. The number of nitrogens with zero attached hydrogens (tertiary/aromatic N) is 1. The number of aliphatic carboxylic acids is 1. The van der Waals surface area contributed by atoms with Gasteiger partial charge in [-0.2, -0.15) is 0 Å². The summed E-state index contributed by atoms with van der Waals surface area (Å²) in [5.41, 5.74) is 3.03. The first-order valence-corrected chi connectivity index (χ1v) is 8.99. The van der Waals surface area contributed by atoms with Crippen molar-refractivity contribution in [3.8, 4) is 5.75 Å². The number of ether oxygens (including phenoxy) is 1. The van der Waals surface area contributed by atoms with E-state index in [0.717, 1.165) is 53.6 Å². The average Bonchev–Trinajstić information content (AvgIpc) is 2.66. The summed E-state index contributed by atoms with van der Waals surface area (Å²) in [6, 6.07) is 20.1. The van der Waals surface area contributed by atoms with Crippen molar-refractivity contribution < 1.29 is 14.6 Å². The molecule has 26 heavy (non-hydrogen) atoms. The van der Waals surface area contributed by atoms with Crippen molar-refractivity contribution in [1.29, 1.82) is 0 Å². The maximum atomic E-state index is 10.6. The van der Waals surface area contributed by atoms with Gasteiger partial charge in [-0.25, -0.2) is 4.98 Å². The van der Waals surface area contributed by atoms with Crippen LogP contribution in [-0.4, -0.2) is 16.1 Å². The van der Waals surface area contributed by atoms with Gasteiger partial charge in [-0.05, 0) is 43.0 Å². The van der Waals surface area contributed by atoms with Gasteiger partial charge >= 0.3 is 5.97 Å². The predicted octanol–water partition coefficient (Wildman–Crippen LogP) is 5.00. The smallest absolute Gasteiger partial charge is 0.303 e. The molecule has 0 atom stereocenters. The van der Waals surface area contributed by atoms with Crippen LogP contribution in [0, 0.1) is 0 Å². The lowest BCUT2D eigenvalue weighted by molar-refractivity contribution is -0.137. The van der Waals surface area contributed by atoms with Crippen LogP contribution in [0.15, 0.2) is 60.7 Å². The third-order valence-electron chi connectivity index (χ3n) is 4.34. The van der Waals surface area contributed by atoms with Crippen molar-refractivity contribution in [2.45, 2.75) is 38.7 Å². The van der Waals surface area contributed by atoms with Gasteiger partial charge in [0.25, 0.3) is 0 Å². The van der Waals surface area contributed by atoms with Crippen molar-refractivity contribution in [3.05, 3.63) is 71.9 Å². The number of hydrogen-bond donors (Lipinski definition) is 1. The fourth-order valence-corrected chi connectivity index (χ4v) is 2.96. The normalized spacial score (nSPS) is 10.8. The number of aromatic nitrogens is 1. The van der Waals surface area contributed by atoms with E-state index in [-0.39, 0.29) is 6.42 Å². The van der Waals surface area contributed by atoms with Gasteiger partial charge in [-0.1, -0.05) is 48.9 Å². The van der Waals surface area contributed by atoms with Crippen LogP contribution < -0.4 is 4.74 Å². The second-order valence-corrected chi connectivity index (χ2v) is 6.35. The molecule has 4 heteroatoms. The predicted molar refractivity (Wildman–Crippen MR) is 102 cm³/mol. The quantitative estimate of drug-likeness (QED) is 0.552. The van der Waals surface area contributed by atoms with Gasteiger partial charge in [-0.15, -0.1) is 0 Å². The lowest BCUT2D eigenvalue weighted by atomic mass is 10.1. The number of hydrogen-bond acceptors (Lipinski definition) is 3. The first-order valence-electron chi connectivity index (χ1n) is 8.99. The Kier molecular flexibility index (Phi) is 6.20. The van der Waals surface area contributed by atoms with Crippen LogP contribution in [0.2, 0.25) is 0 Å². The second-order valence-electron chi connectivity index (χ2n) is 6.35. The number of unbranched alkanes of at least 4 members (excludes halogenated alkanes) is 2. The Morgan fingerprint density at radius 1 is 0.923 bits per heavy atom. The van der Waals surface area contributed by atoms with Gasteiger partial charge in [0, 0.05) is 11.8 Å². The van der Waals surface area contributed by atoms with Crippen LogP contribution in [0.3, 0.4) is 0 Å². The summed E-state index contributed by atoms with van der Waals surface area (Å²) in [7, 11) is 0. The second kappa shape index (κ2) is 8.99. The molecule has 0 aliphatic carbocycles. The largest absolute Gasteiger partial charge is 0.487 e. The fraction of sp³-hybridized carbons (Fsp3) is 0.273. The Morgan fingerprint density at radius 2 is 1.73 bits per heavy atom. The van der Waals surface area contributed by atoms with E-state index in [4.69, 9.17) is 9.84 Å². The molecule has 3 rings (SSSR count). The molecule has 0 fully saturated rings. The summed E-state index contributed by atoms with van der Waals surface area (Å²) in [5.74, 6) is 0.150. The zero-order valence-corrected chi connectivity index (χ0v) is 14.7. The highest BCUT2D eigenvalue weighted by Gasteiger charge is 2.05. The number of aryl methyl sites for hydroxylation is 1. The van der Waals surface area contributed by atoms with E-state index in [0.29, 0.717) is 6.61 Å². The number of carbonyl (C=O) groups is 1. The molecule has 0 saturated carbocycles. The average molecular weight is 349 g/mol. The van der Waals surface area contributed by atoms with Gasteiger partial charge < -0.3 is 9.84 Å². The maximum Gasteiger partial charge on any atom is 0.303 e. The molecule has 4 nitrogen and oxygen atoms in total. The highest BCUT2D eigenvalue weighted by molar-refractivity contribution is 5.78. The molecule has 2 aromatic carbocycles. The molecule has 1 aromatic heterocycles. The molecule has 0 aliphatic rings. The molecule has 1 heterocycles. The van der Waals surface area contributed by atoms with Gasteiger partial charge in [-0.3, -0.25) is 4.79 Å². The number of carboxylic acids is 1. The van der Waals surface area contributed by atoms with Crippen molar-refractivity contribution in [2.24, 2.45) is 0 Å². The third kappa shape index (κ3) is 5.06. The molecule has 1 N–H and O–H groups in total. The van der Waals surface area contributed by atoms with E-state index in [2.05, 4.69) is 17.1 Å². The summed E-state index contributed by atoms with van der Waals surface area (Å²) in [6.45, 7) is 0.431. The maximum absolute atomic E-state index is 10.6. The highest BCUT2D eigenvalue weighted by Crippen LogP contribution is 2.22. The van der Waals surface area contributed by atoms with E-state index in [1.165, 1.54) is 0 Å². The zero-order chi connectivity index (χ0) is 18.2. The van der Waals surface area contributed by atoms with Gasteiger partial charge in [0.05, 0.1) is 11.2 Å². The van der Waals surface area contributed by atoms with Gasteiger partial charge in [0.15, 0.2) is 0 Å². The number of fused-ring (bicyclic) bond motifs is 1. The Hall–Kier alpha value is -2.88. The minimum atomic E-state index is -0.725. The standard InChI is InChI=1S/C22H23NO3/c24-22(25)13-3-1-2-9-18-10-5-7-12-21(18)26-16-19-15-14-17-8-4-6-11-20(17)23-19/h4-8,10-12,14-15H,1-3,9,13,16H2,(H,24,25). The number of pyridine rings is 1. The monoisotopic (exact) mass is 349 g/mol. The molecule has 0 unspecified atom stereocenters. The van der Waals surface area contributed by atoms with Crippen molar-refractivity contribution in [3.63, 3.8) is 0 Å². The molecule has 134 valence electrons. The van der Waals surface area contributed by atoms with Crippen LogP contribution in [0.25, 0.3) is 10.9 Å². The zero-order valence-electron chi connectivity index (χ0n) is 14.7. The summed E-state index contributed by atoms with van der Waals surface area (Å²) in [4.78, 5) is 15.2. The molecule has 0 spiro atoms. The number of carboxylic acid groups (broad SMARTS) is 1. The SMILES string of the molecule is O=C(O)CCCCCc1ccccc1OCc1ccc2ccccc2n1. The van der Waals surface area contributed by atoms with E-state index >= 15 is 0 Å². The minimum Gasteiger partial charge on any atom is -0.487 e. The van der Waals surface area contributed by atoms with Gasteiger partial charge in [0.1, 0.15) is 12.4 Å². The van der Waals surface area contributed by atoms with Crippen LogP contribution >= 0.6 is 0 Å². The summed E-state index contributed by atoms with van der Waals surface area (Å²) >= 11 is 0. The van der Waals surface area contributed by atoms with E-state index in [1.54, 1.807) is 0 Å². The molecule has 0 saturated heterocycles. The van der Waals surface area contributed by atoms with Crippen molar-refractivity contribution in [1.82, 2.24) is 4.98 Å². The number of rotatable bonds is 9. The molecule has 0 amide bonds.